The fraction of sp³-hybridized carbons (Fsp3) is 0.0526. The molecule has 3 aromatic rings. The zero-order chi connectivity index (χ0) is 20.1. The van der Waals surface area contributed by atoms with Gasteiger partial charge in [-0.15, -0.1) is 11.3 Å². The highest BCUT2D eigenvalue weighted by molar-refractivity contribution is 7.12. The molecule has 0 aliphatic rings. The van der Waals surface area contributed by atoms with Crippen LogP contribution in [0.15, 0.2) is 60.0 Å². The number of hydrogen-bond donors (Lipinski definition) is 2. The molecule has 2 amide bonds. The molecule has 0 saturated heterocycles. The zero-order valence-electron chi connectivity index (χ0n) is 14.1. The zero-order valence-corrected chi connectivity index (χ0v) is 15.7. The first-order chi connectivity index (χ1) is 13.4. The number of amides is 2. The van der Waals surface area contributed by atoms with Crippen LogP contribution in [0.5, 0.6) is 5.75 Å². The fourth-order valence-corrected chi connectivity index (χ4v) is 3.16. The summed E-state index contributed by atoms with van der Waals surface area (Å²) in [6.45, 7) is -3.00. The molecule has 0 aliphatic heterocycles. The van der Waals surface area contributed by atoms with Gasteiger partial charge >= 0.3 is 6.61 Å². The number of carbonyl (C=O) groups excluding carboxylic acids is 2. The Bertz CT molecular complexity index is 997. The van der Waals surface area contributed by atoms with Gasteiger partial charge in [0, 0.05) is 16.9 Å². The van der Waals surface area contributed by atoms with Crippen molar-refractivity contribution in [3.05, 3.63) is 75.4 Å². The predicted octanol–water partition coefficient (Wildman–Crippen LogP) is 5.51. The fourth-order valence-electron chi connectivity index (χ4n) is 2.31. The van der Waals surface area contributed by atoms with Gasteiger partial charge in [-0.1, -0.05) is 23.7 Å². The molecule has 1 heterocycles. The Morgan fingerprint density at radius 3 is 2.39 bits per heavy atom. The molecule has 28 heavy (non-hydrogen) atoms. The Labute approximate surface area is 167 Å². The number of thiophene rings is 1. The van der Waals surface area contributed by atoms with Crippen molar-refractivity contribution in [1.82, 2.24) is 0 Å². The summed E-state index contributed by atoms with van der Waals surface area (Å²) in [7, 11) is 0. The Morgan fingerprint density at radius 2 is 1.71 bits per heavy atom. The molecule has 0 atom stereocenters. The second-order valence-corrected chi connectivity index (χ2v) is 6.84. The summed E-state index contributed by atoms with van der Waals surface area (Å²) in [5.41, 5.74) is 1.07. The second-order valence-electron chi connectivity index (χ2n) is 5.49. The van der Waals surface area contributed by atoms with Gasteiger partial charge < -0.3 is 15.4 Å². The lowest BCUT2D eigenvalue weighted by Gasteiger charge is -2.10. The van der Waals surface area contributed by atoms with E-state index in [2.05, 4.69) is 15.4 Å². The maximum Gasteiger partial charge on any atom is 0.387 e. The minimum absolute atomic E-state index is 0.0601. The molecule has 0 bridgehead atoms. The van der Waals surface area contributed by atoms with Crippen molar-refractivity contribution < 1.29 is 23.1 Å². The second kappa shape index (κ2) is 8.81. The van der Waals surface area contributed by atoms with E-state index >= 15 is 0 Å². The van der Waals surface area contributed by atoms with Gasteiger partial charge in [0.15, 0.2) is 0 Å². The largest absolute Gasteiger partial charge is 0.433 e. The SMILES string of the molecule is O=C(Nc1ccc(OC(F)F)c(Cl)c1)c1cccc(NC(=O)c2cccs2)c1. The lowest BCUT2D eigenvalue weighted by molar-refractivity contribution is -0.0497. The van der Waals surface area contributed by atoms with Crippen molar-refractivity contribution in [3.63, 3.8) is 0 Å². The monoisotopic (exact) mass is 422 g/mol. The summed E-state index contributed by atoms with van der Waals surface area (Å²) in [6.07, 6.45) is 0. The highest BCUT2D eigenvalue weighted by Gasteiger charge is 2.13. The van der Waals surface area contributed by atoms with Crippen LogP contribution in [0.2, 0.25) is 5.02 Å². The summed E-state index contributed by atoms with van der Waals surface area (Å²) in [4.78, 5) is 25.1. The molecule has 0 spiro atoms. The van der Waals surface area contributed by atoms with E-state index in [0.717, 1.165) is 0 Å². The third kappa shape index (κ3) is 5.05. The van der Waals surface area contributed by atoms with Gasteiger partial charge in [0.05, 0.1) is 9.90 Å². The standard InChI is InChI=1S/C19H13ClF2N2O3S/c20-14-10-13(6-7-15(14)27-19(21)22)23-17(25)11-3-1-4-12(9-11)24-18(26)16-5-2-8-28-16/h1-10,19H,(H,23,25)(H,24,26). The molecule has 2 N–H and O–H groups in total. The average molecular weight is 423 g/mol. The van der Waals surface area contributed by atoms with E-state index in [1.807, 2.05) is 0 Å². The maximum atomic E-state index is 12.4. The van der Waals surface area contributed by atoms with Crippen molar-refractivity contribution in [1.29, 1.82) is 0 Å². The molecule has 0 aliphatic carbocycles. The van der Waals surface area contributed by atoms with Crippen LogP contribution >= 0.6 is 22.9 Å². The topological polar surface area (TPSA) is 67.4 Å². The number of carbonyl (C=O) groups is 2. The Balaban J connectivity index is 1.69. The van der Waals surface area contributed by atoms with Crippen molar-refractivity contribution in [2.45, 2.75) is 6.61 Å². The summed E-state index contributed by atoms with van der Waals surface area (Å²) in [5.74, 6) is -0.910. The molecule has 1 aromatic heterocycles. The number of ether oxygens (including phenoxy) is 1. The van der Waals surface area contributed by atoms with E-state index in [1.165, 1.54) is 35.6 Å². The van der Waals surface area contributed by atoms with Crippen LogP contribution in [0.25, 0.3) is 0 Å². The number of benzene rings is 2. The molecule has 5 nitrogen and oxygen atoms in total. The van der Waals surface area contributed by atoms with Gasteiger partial charge in [-0.3, -0.25) is 9.59 Å². The van der Waals surface area contributed by atoms with Gasteiger partial charge in [0.25, 0.3) is 11.8 Å². The van der Waals surface area contributed by atoms with E-state index < -0.39 is 12.5 Å². The highest BCUT2D eigenvalue weighted by Crippen LogP contribution is 2.29. The van der Waals surface area contributed by atoms with Crippen molar-refractivity contribution in [2.24, 2.45) is 0 Å². The van der Waals surface area contributed by atoms with Gasteiger partial charge in [0.1, 0.15) is 5.75 Å². The molecule has 0 unspecified atom stereocenters. The van der Waals surface area contributed by atoms with Crippen LogP contribution in [0.1, 0.15) is 20.0 Å². The maximum absolute atomic E-state index is 12.4. The lowest BCUT2D eigenvalue weighted by Crippen LogP contribution is -2.14. The molecule has 144 valence electrons. The van der Waals surface area contributed by atoms with Crippen molar-refractivity contribution >= 4 is 46.1 Å². The number of nitrogens with one attached hydrogen (secondary N) is 2. The third-order valence-electron chi connectivity index (χ3n) is 3.53. The van der Waals surface area contributed by atoms with E-state index in [0.29, 0.717) is 21.8 Å². The van der Waals surface area contributed by atoms with Crippen LogP contribution in [-0.4, -0.2) is 18.4 Å². The Kier molecular flexibility index (Phi) is 6.23. The van der Waals surface area contributed by atoms with Crippen LogP contribution in [-0.2, 0) is 0 Å². The number of hydrogen-bond acceptors (Lipinski definition) is 4. The van der Waals surface area contributed by atoms with Crippen molar-refractivity contribution in [3.8, 4) is 5.75 Å². The normalized spacial score (nSPS) is 10.6. The number of alkyl halides is 2. The van der Waals surface area contributed by atoms with E-state index in [1.54, 1.807) is 35.7 Å². The molecule has 9 heteroatoms. The summed E-state index contributed by atoms with van der Waals surface area (Å²) in [5, 5.41) is 7.06. The van der Waals surface area contributed by atoms with Gasteiger partial charge in [-0.2, -0.15) is 8.78 Å². The minimum atomic E-state index is -3.00. The first-order valence-electron chi connectivity index (χ1n) is 7.93. The van der Waals surface area contributed by atoms with E-state index in [9.17, 15) is 18.4 Å². The molecule has 0 saturated carbocycles. The Hall–Kier alpha value is -2.97. The molecule has 0 fully saturated rings. The summed E-state index contributed by atoms with van der Waals surface area (Å²) < 4.78 is 28.8. The van der Waals surface area contributed by atoms with Crippen LogP contribution in [0.4, 0.5) is 20.2 Å². The minimum Gasteiger partial charge on any atom is -0.433 e. The van der Waals surface area contributed by atoms with Gasteiger partial charge in [-0.05, 0) is 47.8 Å². The van der Waals surface area contributed by atoms with Crippen LogP contribution < -0.4 is 15.4 Å². The highest BCUT2D eigenvalue weighted by atomic mass is 35.5. The number of rotatable bonds is 6. The molecular formula is C19H13ClF2N2O3S. The predicted molar refractivity (Wildman–Crippen MR) is 105 cm³/mol. The Morgan fingerprint density at radius 1 is 0.964 bits per heavy atom. The molecule has 2 aromatic carbocycles. The molecule has 0 radical (unpaired) electrons. The van der Waals surface area contributed by atoms with E-state index in [-0.39, 0.29) is 16.7 Å². The van der Waals surface area contributed by atoms with Crippen LogP contribution in [0, 0.1) is 0 Å². The smallest absolute Gasteiger partial charge is 0.387 e. The third-order valence-corrected chi connectivity index (χ3v) is 4.70. The first-order valence-corrected chi connectivity index (χ1v) is 9.19. The first kappa shape index (κ1) is 19.8. The van der Waals surface area contributed by atoms with Gasteiger partial charge in [-0.25, -0.2) is 0 Å². The number of halogens is 3. The van der Waals surface area contributed by atoms with Gasteiger partial charge in [0.2, 0.25) is 0 Å². The van der Waals surface area contributed by atoms with Crippen molar-refractivity contribution in [2.75, 3.05) is 10.6 Å². The average Bonchev–Trinajstić information content (AvgIpc) is 3.19. The summed E-state index contributed by atoms with van der Waals surface area (Å²) >= 11 is 7.19. The molecular weight excluding hydrogens is 410 g/mol. The lowest BCUT2D eigenvalue weighted by atomic mass is 10.1. The quantitative estimate of drug-likeness (QED) is 0.550. The summed E-state index contributed by atoms with van der Waals surface area (Å²) in [6, 6.07) is 13.8. The molecule has 3 rings (SSSR count). The van der Waals surface area contributed by atoms with Crippen LogP contribution in [0.3, 0.4) is 0 Å². The number of anilines is 2. The van der Waals surface area contributed by atoms with E-state index in [4.69, 9.17) is 11.6 Å².